The van der Waals surface area contributed by atoms with Gasteiger partial charge in [-0.05, 0) is 26.0 Å². The van der Waals surface area contributed by atoms with Gasteiger partial charge in [0.15, 0.2) is 0 Å². The molecule has 0 amide bonds. The number of hydrogen-bond donors (Lipinski definition) is 0. The Balaban J connectivity index is 2.38. The van der Waals surface area contributed by atoms with Gasteiger partial charge in [0.05, 0.1) is 12.2 Å². The quantitative estimate of drug-likeness (QED) is 0.556. The minimum Gasteiger partial charge on any atom is -0.462 e. The summed E-state index contributed by atoms with van der Waals surface area (Å²) >= 11 is 0. The summed E-state index contributed by atoms with van der Waals surface area (Å²) < 4.78 is 5.12. The summed E-state index contributed by atoms with van der Waals surface area (Å²) in [7, 11) is 0. The maximum atomic E-state index is 11.5. The van der Waals surface area contributed by atoms with Crippen LogP contribution in [0.25, 0.3) is 0 Å². The van der Waals surface area contributed by atoms with Crippen LogP contribution in [0, 0.1) is 0 Å². The lowest BCUT2D eigenvalue weighted by atomic mass is 10.2. The van der Waals surface area contributed by atoms with Crippen LogP contribution in [0.1, 0.15) is 30.6 Å². The smallest absolute Gasteiger partial charge is 0.338 e. The fourth-order valence-electron chi connectivity index (χ4n) is 1.11. The molecule has 0 unspecified atom stereocenters. The topological polar surface area (TPSA) is 26.3 Å². The number of carbonyl (C=O) groups excluding carboxylic acids is 1. The van der Waals surface area contributed by atoms with Crippen LogP contribution < -0.4 is 0 Å². The number of benzene rings is 1. The molecule has 0 fully saturated rings. The molecule has 0 saturated carbocycles. The van der Waals surface area contributed by atoms with Crippen LogP contribution in [-0.4, -0.2) is 12.6 Å². The summed E-state index contributed by atoms with van der Waals surface area (Å²) in [6.45, 7) is 4.45. The lowest BCUT2D eigenvalue weighted by Crippen LogP contribution is -2.06. The Morgan fingerprint density at radius 1 is 1.33 bits per heavy atom. The minimum atomic E-state index is -0.250. The highest BCUT2D eigenvalue weighted by atomic mass is 16.5. The largest absolute Gasteiger partial charge is 0.462 e. The highest BCUT2D eigenvalue weighted by molar-refractivity contribution is 5.89. The summed E-state index contributed by atoms with van der Waals surface area (Å²) in [5.41, 5.74) is 1.84. The molecule has 0 bridgehead atoms. The van der Waals surface area contributed by atoms with Gasteiger partial charge in [0.1, 0.15) is 0 Å². The van der Waals surface area contributed by atoms with Crippen molar-refractivity contribution in [3.05, 3.63) is 47.5 Å². The van der Waals surface area contributed by atoms with Crippen LogP contribution in [-0.2, 0) is 4.74 Å². The zero-order valence-corrected chi connectivity index (χ0v) is 9.19. The first kappa shape index (κ1) is 11.5. The molecule has 0 heterocycles. The van der Waals surface area contributed by atoms with Gasteiger partial charge < -0.3 is 4.74 Å². The fraction of sp³-hybridized carbons (Fsp3) is 0.308. The van der Waals surface area contributed by atoms with Crippen LogP contribution in [0.4, 0.5) is 0 Å². The molecule has 0 aliphatic heterocycles. The van der Waals surface area contributed by atoms with E-state index in [2.05, 4.69) is 0 Å². The summed E-state index contributed by atoms with van der Waals surface area (Å²) in [5, 5.41) is 0. The summed E-state index contributed by atoms with van der Waals surface area (Å²) in [6.07, 6.45) is 2.82. The minimum absolute atomic E-state index is 0.250. The van der Waals surface area contributed by atoms with E-state index in [1.54, 1.807) is 12.1 Å². The molecule has 0 spiro atoms. The molecule has 2 nitrogen and oxygen atoms in total. The SMILES string of the molecule is CC=C(C)CCOC(=O)c1ccccc1. The third-order valence-electron chi connectivity index (χ3n) is 2.23. The number of ether oxygens (including phenoxy) is 1. The van der Waals surface area contributed by atoms with Crippen molar-refractivity contribution in [2.24, 2.45) is 0 Å². The second kappa shape index (κ2) is 6.02. The predicted octanol–water partition coefficient (Wildman–Crippen LogP) is 3.20. The fourth-order valence-corrected chi connectivity index (χ4v) is 1.11. The van der Waals surface area contributed by atoms with E-state index in [0.29, 0.717) is 12.2 Å². The van der Waals surface area contributed by atoms with Crippen LogP contribution in [0.5, 0.6) is 0 Å². The summed E-state index contributed by atoms with van der Waals surface area (Å²) in [6, 6.07) is 9.04. The second-order valence-corrected chi connectivity index (χ2v) is 3.39. The van der Waals surface area contributed by atoms with E-state index in [1.165, 1.54) is 5.57 Å². The summed E-state index contributed by atoms with van der Waals surface area (Å²) in [5.74, 6) is -0.250. The van der Waals surface area contributed by atoms with E-state index >= 15 is 0 Å². The Labute approximate surface area is 90.6 Å². The lowest BCUT2D eigenvalue weighted by Gasteiger charge is -2.04. The Bertz CT molecular complexity index is 339. The Hall–Kier alpha value is -1.57. The molecular formula is C13H16O2. The van der Waals surface area contributed by atoms with Crippen molar-refractivity contribution in [1.82, 2.24) is 0 Å². The van der Waals surface area contributed by atoms with Crippen molar-refractivity contribution >= 4 is 5.97 Å². The highest BCUT2D eigenvalue weighted by Crippen LogP contribution is 2.04. The predicted molar refractivity (Wildman–Crippen MR) is 60.8 cm³/mol. The van der Waals surface area contributed by atoms with Crippen molar-refractivity contribution in [1.29, 1.82) is 0 Å². The zero-order valence-electron chi connectivity index (χ0n) is 9.19. The molecule has 0 aliphatic rings. The number of esters is 1. The molecule has 2 heteroatoms. The van der Waals surface area contributed by atoms with Gasteiger partial charge in [0, 0.05) is 6.42 Å². The number of rotatable bonds is 4. The van der Waals surface area contributed by atoms with E-state index in [4.69, 9.17) is 4.74 Å². The molecule has 1 aromatic rings. The molecule has 0 radical (unpaired) electrons. The van der Waals surface area contributed by atoms with Crippen molar-refractivity contribution in [3.63, 3.8) is 0 Å². The van der Waals surface area contributed by atoms with Crippen LogP contribution in [0.3, 0.4) is 0 Å². The van der Waals surface area contributed by atoms with Gasteiger partial charge in [-0.2, -0.15) is 0 Å². The first-order valence-corrected chi connectivity index (χ1v) is 5.08. The van der Waals surface area contributed by atoms with Gasteiger partial charge in [-0.15, -0.1) is 0 Å². The molecule has 1 rings (SSSR count). The molecule has 15 heavy (non-hydrogen) atoms. The van der Waals surface area contributed by atoms with Crippen LogP contribution >= 0.6 is 0 Å². The van der Waals surface area contributed by atoms with Crippen LogP contribution in [0.2, 0.25) is 0 Å². The van der Waals surface area contributed by atoms with Gasteiger partial charge in [-0.1, -0.05) is 29.8 Å². The van der Waals surface area contributed by atoms with Crippen molar-refractivity contribution < 1.29 is 9.53 Å². The molecular weight excluding hydrogens is 188 g/mol. The van der Waals surface area contributed by atoms with Gasteiger partial charge in [0.25, 0.3) is 0 Å². The van der Waals surface area contributed by atoms with E-state index in [9.17, 15) is 4.79 Å². The van der Waals surface area contributed by atoms with Crippen molar-refractivity contribution in [2.75, 3.05) is 6.61 Å². The van der Waals surface area contributed by atoms with Gasteiger partial charge >= 0.3 is 5.97 Å². The third kappa shape index (κ3) is 3.98. The van der Waals surface area contributed by atoms with Crippen molar-refractivity contribution in [2.45, 2.75) is 20.3 Å². The van der Waals surface area contributed by atoms with Gasteiger partial charge in [-0.3, -0.25) is 0 Å². The van der Waals surface area contributed by atoms with Crippen LogP contribution in [0.15, 0.2) is 42.0 Å². The van der Waals surface area contributed by atoms with E-state index in [1.807, 2.05) is 38.1 Å². The molecule has 1 aromatic carbocycles. The number of hydrogen-bond acceptors (Lipinski definition) is 2. The monoisotopic (exact) mass is 204 g/mol. The van der Waals surface area contributed by atoms with E-state index in [0.717, 1.165) is 6.42 Å². The normalized spacial score (nSPS) is 11.2. The third-order valence-corrected chi connectivity index (χ3v) is 2.23. The summed E-state index contributed by atoms with van der Waals surface area (Å²) in [4.78, 5) is 11.5. The lowest BCUT2D eigenvalue weighted by molar-refractivity contribution is 0.0509. The van der Waals surface area contributed by atoms with Gasteiger partial charge in [-0.25, -0.2) is 4.79 Å². The Kier molecular flexibility index (Phi) is 4.61. The maximum absolute atomic E-state index is 11.5. The maximum Gasteiger partial charge on any atom is 0.338 e. The second-order valence-electron chi connectivity index (χ2n) is 3.39. The molecule has 0 aliphatic carbocycles. The zero-order chi connectivity index (χ0) is 11.1. The van der Waals surface area contributed by atoms with E-state index < -0.39 is 0 Å². The molecule has 0 aromatic heterocycles. The van der Waals surface area contributed by atoms with Gasteiger partial charge in [0.2, 0.25) is 0 Å². The Morgan fingerprint density at radius 3 is 2.60 bits per heavy atom. The molecule has 0 atom stereocenters. The molecule has 80 valence electrons. The van der Waals surface area contributed by atoms with Crippen molar-refractivity contribution in [3.8, 4) is 0 Å². The standard InChI is InChI=1S/C13H16O2/c1-3-11(2)9-10-15-13(14)12-7-5-4-6-8-12/h3-8H,9-10H2,1-2H3. The first-order valence-electron chi connectivity index (χ1n) is 5.08. The number of carbonyl (C=O) groups is 1. The Morgan fingerprint density at radius 2 is 2.00 bits per heavy atom. The highest BCUT2D eigenvalue weighted by Gasteiger charge is 2.04. The average molecular weight is 204 g/mol. The number of allylic oxidation sites excluding steroid dienone is 1. The molecule has 0 N–H and O–H groups in total. The average Bonchev–Trinajstić information content (AvgIpc) is 2.29. The van der Waals surface area contributed by atoms with E-state index in [-0.39, 0.29) is 5.97 Å². The first-order chi connectivity index (χ1) is 7.24. The molecule has 0 saturated heterocycles.